The zero-order chi connectivity index (χ0) is 14.5. The van der Waals surface area contributed by atoms with Gasteiger partial charge in [-0.25, -0.2) is 4.68 Å². The topological polar surface area (TPSA) is 74.0 Å². The molecule has 6 nitrogen and oxygen atoms in total. The first-order valence-electron chi connectivity index (χ1n) is 6.22. The van der Waals surface area contributed by atoms with E-state index in [1.54, 1.807) is 30.8 Å². The molecule has 0 bridgehead atoms. The number of carbonyl (C=O) groups is 1. The molecule has 0 aromatic carbocycles. The van der Waals surface area contributed by atoms with Gasteiger partial charge in [-0.05, 0) is 27.9 Å². The Balaban J connectivity index is 2.60. The molecule has 1 amide bonds. The molecule has 1 aromatic heterocycles. The van der Waals surface area contributed by atoms with Gasteiger partial charge in [0.05, 0.1) is 24.2 Å². The third-order valence-corrected chi connectivity index (χ3v) is 2.65. The van der Waals surface area contributed by atoms with Crippen molar-refractivity contribution in [3.05, 3.63) is 12.3 Å². The summed E-state index contributed by atoms with van der Waals surface area (Å²) in [4.78, 5) is 13.9. The monoisotopic (exact) mass is 263 g/mol. The van der Waals surface area contributed by atoms with Crippen LogP contribution >= 0.6 is 0 Å². The van der Waals surface area contributed by atoms with Crippen LogP contribution in [0.5, 0.6) is 0 Å². The second-order valence-electron chi connectivity index (χ2n) is 5.46. The summed E-state index contributed by atoms with van der Waals surface area (Å²) in [5.41, 5.74) is -0.654. The number of aromatic nitrogens is 2. The van der Waals surface area contributed by atoms with Crippen molar-refractivity contribution < 1.29 is 4.79 Å². The fraction of sp³-hybridized carbons (Fsp3) is 0.615. The molecule has 0 aliphatic heterocycles. The van der Waals surface area contributed by atoms with E-state index < -0.39 is 5.41 Å². The van der Waals surface area contributed by atoms with Crippen LogP contribution < -0.4 is 5.32 Å². The standard InChI is InChI=1S/C13H21N5O/c1-13(2,10-14)9-12(19)16-11-5-6-15-18(11)8-7-17(3)4/h5-6H,7-9H2,1-4H3,(H,16,19). The normalized spacial score (nSPS) is 11.4. The van der Waals surface area contributed by atoms with E-state index in [0.717, 1.165) is 6.54 Å². The van der Waals surface area contributed by atoms with Crippen LogP contribution in [0, 0.1) is 16.7 Å². The third kappa shape index (κ3) is 5.10. The van der Waals surface area contributed by atoms with Gasteiger partial charge in [0.15, 0.2) is 0 Å². The number of hydrogen-bond acceptors (Lipinski definition) is 4. The number of anilines is 1. The lowest BCUT2D eigenvalue weighted by molar-refractivity contribution is -0.117. The Bertz CT molecular complexity index is 470. The van der Waals surface area contributed by atoms with Crippen LogP contribution in [0.3, 0.4) is 0 Å². The minimum Gasteiger partial charge on any atom is -0.311 e. The molecule has 1 aromatic rings. The average molecular weight is 263 g/mol. The fourth-order valence-corrected chi connectivity index (χ4v) is 1.54. The fourth-order valence-electron chi connectivity index (χ4n) is 1.54. The van der Waals surface area contributed by atoms with Gasteiger partial charge in [-0.1, -0.05) is 0 Å². The van der Waals surface area contributed by atoms with Crippen molar-refractivity contribution in [2.24, 2.45) is 5.41 Å². The highest BCUT2D eigenvalue weighted by Gasteiger charge is 2.21. The number of amides is 1. The van der Waals surface area contributed by atoms with Crippen LogP contribution in [0.1, 0.15) is 20.3 Å². The van der Waals surface area contributed by atoms with Crippen LogP contribution in [0.15, 0.2) is 12.3 Å². The van der Waals surface area contributed by atoms with E-state index in [1.165, 1.54) is 0 Å². The summed E-state index contributed by atoms with van der Waals surface area (Å²) in [6, 6.07) is 3.87. The first-order chi connectivity index (χ1) is 8.84. The van der Waals surface area contributed by atoms with E-state index in [4.69, 9.17) is 5.26 Å². The Morgan fingerprint density at radius 2 is 2.26 bits per heavy atom. The molecule has 0 aliphatic rings. The van der Waals surface area contributed by atoms with E-state index in [2.05, 4.69) is 16.5 Å². The molecule has 0 radical (unpaired) electrons. The molecule has 0 unspecified atom stereocenters. The van der Waals surface area contributed by atoms with E-state index >= 15 is 0 Å². The number of nitrogens with zero attached hydrogens (tertiary/aromatic N) is 4. The molecular formula is C13H21N5O. The molecule has 0 spiro atoms. The summed E-state index contributed by atoms with van der Waals surface area (Å²) in [5, 5.41) is 15.9. The van der Waals surface area contributed by atoms with Crippen molar-refractivity contribution in [1.82, 2.24) is 14.7 Å². The number of rotatable bonds is 6. The van der Waals surface area contributed by atoms with Crippen LogP contribution in [0.25, 0.3) is 0 Å². The van der Waals surface area contributed by atoms with Gasteiger partial charge in [0.1, 0.15) is 5.82 Å². The summed E-state index contributed by atoms with van der Waals surface area (Å²) in [6.45, 7) is 5.04. The van der Waals surface area contributed by atoms with Crippen LogP contribution in [-0.4, -0.2) is 41.2 Å². The number of hydrogen-bond donors (Lipinski definition) is 1. The molecule has 1 N–H and O–H groups in total. The number of carbonyl (C=O) groups excluding carboxylic acids is 1. The molecule has 0 saturated carbocycles. The van der Waals surface area contributed by atoms with E-state index in [0.29, 0.717) is 12.4 Å². The van der Waals surface area contributed by atoms with Crippen LogP contribution in [0.4, 0.5) is 5.82 Å². The van der Waals surface area contributed by atoms with Crippen molar-refractivity contribution in [3.8, 4) is 6.07 Å². The summed E-state index contributed by atoms with van der Waals surface area (Å²) >= 11 is 0. The molecule has 0 saturated heterocycles. The second kappa shape index (κ2) is 6.34. The largest absolute Gasteiger partial charge is 0.311 e. The predicted octanol–water partition coefficient (Wildman–Crippen LogP) is 1.32. The molecule has 0 fully saturated rings. The highest BCUT2D eigenvalue weighted by Crippen LogP contribution is 2.19. The molecule has 0 aliphatic carbocycles. The lowest BCUT2D eigenvalue weighted by Gasteiger charge is -2.15. The minimum atomic E-state index is -0.654. The zero-order valence-electron chi connectivity index (χ0n) is 12.0. The summed E-state index contributed by atoms with van der Waals surface area (Å²) < 4.78 is 1.75. The van der Waals surface area contributed by atoms with Gasteiger partial charge in [-0.15, -0.1) is 0 Å². The average Bonchev–Trinajstić information content (AvgIpc) is 2.73. The van der Waals surface area contributed by atoms with Crippen molar-refractivity contribution in [1.29, 1.82) is 5.26 Å². The molecule has 1 rings (SSSR count). The predicted molar refractivity (Wildman–Crippen MR) is 73.4 cm³/mol. The van der Waals surface area contributed by atoms with Crippen LogP contribution in [0.2, 0.25) is 0 Å². The van der Waals surface area contributed by atoms with Crippen molar-refractivity contribution in [2.45, 2.75) is 26.8 Å². The van der Waals surface area contributed by atoms with Crippen LogP contribution in [-0.2, 0) is 11.3 Å². The lowest BCUT2D eigenvalue weighted by Crippen LogP contribution is -2.24. The molecular weight excluding hydrogens is 242 g/mol. The molecule has 1 heterocycles. The van der Waals surface area contributed by atoms with Gasteiger partial charge in [-0.3, -0.25) is 4.79 Å². The van der Waals surface area contributed by atoms with Crippen molar-refractivity contribution in [2.75, 3.05) is 26.0 Å². The number of nitrogens with one attached hydrogen (secondary N) is 1. The maximum atomic E-state index is 11.9. The SMILES string of the molecule is CN(C)CCn1nccc1NC(=O)CC(C)(C)C#N. The Kier molecular flexibility index (Phi) is 5.07. The molecule has 104 valence electrons. The second-order valence-corrected chi connectivity index (χ2v) is 5.46. The van der Waals surface area contributed by atoms with E-state index in [9.17, 15) is 4.79 Å². The Labute approximate surface area is 114 Å². The first kappa shape index (κ1) is 15.2. The highest BCUT2D eigenvalue weighted by molar-refractivity contribution is 5.90. The van der Waals surface area contributed by atoms with Gasteiger partial charge >= 0.3 is 0 Å². The van der Waals surface area contributed by atoms with Crippen molar-refractivity contribution >= 4 is 11.7 Å². The zero-order valence-corrected chi connectivity index (χ0v) is 12.0. The quantitative estimate of drug-likeness (QED) is 0.840. The highest BCUT2D eigenvalue weighted by atomic mass is 16.1. The third-order valence-electron chi connectivity index (χ3n) is 2.65. The van der Waals surface area contributed by atoms with E-state index in [1.807, 2.05) is 19.0 Å². The molecule has 0 atom stereocenters. The van der Waals surface area contributed by atoms with Gasteiger partial charge in [-0.2, -0.15) is 10.4 Å². The van der Waals surface area contributed by atoms with Gasteiger partial charge in [0.2, 0.25) is 5.91 Å². The van der Waals surface area contributed by atoms with Gasteiger partial charge < -0.3 is 10.2 Å². The van der Waals surface area contributed by atoms with Crippen molar-refractivity contribution in [3.63, 3.8) is 0 Å². The summed E-state index contributed by atoms with van der Waals surface area (Å²) in [5.74, 6) is 0.499. The Morgan fingerprint density at radius 1 is 1.58 bits per heavy atom. The number of likely N-dealkylation sites (N-methyl/N-ethyl adjacent to an activating group) is 1. The molecule has 6 heteroatoms. The summed E-state index contributed by atoms with van der Waals surface area (Å²) in [7, 11) is 3.97. The smallest absolute Gasteiger partial charge is 0.227 e. The first-order valence-corrected chi connectivity index (χ1v) is 6.22. The Hall–Kier alpha value is -1.87. The van der Waals surface area contributed by atoms with Gasteiger partial charge in [0, 0.05) is 19.0 Å². The number of nitriles is 1. The van der Waals surface area contributed by atoms with E-state index in [-0.39, 0.29) is 12.3 Å². The molecule has 19 heavy (non-hydrogen) atoms. The minimum absolute atomic E-state index is 0.168. The van der Waals surface area contributed by atoms with Gasteiger partial charge in [0.25, 0.3) is 0 Å². The maximum absolute atomic E-state index is 11.9. The summed E-state index contributed by atoms with van der Waals surface area (Å²) in [6.07, 6.45) is 1.82. The maximum Gasteiger partial charge on any atom is 0.227 e. The lowest BCUT2D eigenvalue weighted by atomic mass is 9.91. The Morgan fingerprint density at radius 3 is 2.84 bits per heavy atom.